The summed E-state index contributed by atoms with van der Waals surface area (Å²) in [6, 6.07) is 14.1. The van der Waals surface area contributed by atoms with Crippen LogP contribution in [0.25, 0.3) is 10.4 Å². The molecule has 23 nitrogen and oxygen atoms in total. The van der Waals surface area contributed by atoms with Gasteiger partial charge in [-0.2, -0.15) is 0 Å². The molecule has 5 aliphatic heterocycles. The second-order valence-electron chi connectivity index (χ2n) is 26.4. The Morgan fingerprint density at radius 3 is 2.08 bits per heavy atom. The van der Waals surface area contributed by atoms with Crippen LogP contribution < -0.4 is 5.32 Å². The van der Waals surface area contributed by atoms with Crippen molar-refractivity contribution >= 4 is 40.0 Å². The summed E-state index contributed by atoms with van der Waals surface area (Å²) >= 11 is 0. The van der Waals surface area contributed by atoms with Crippen LogP contribution in [0.4, 0.5) is 0 Å². The number of carbonyl (C=O) groups excluding carboxylic acids is 4. The number of esters is 3. The summed E-state index contributed by atoms with van der Waals surface area (Å²) in [6.07, 6.45) is -10.4. The number of phosphoric ester groups is 1. The Labute approximate surface area is 526 Å². The third kappa shape index (κ3) is 17.9. The SMILES string of the molecule is CCC(=O)O[C@H](CC)CC(=O)NC1[C@H](OCC2O[C@@H](O[Si](C)(C)C(C)(C)C(C)C)C(N=[N+]=[N-])[C@@H](C)[C@@H]2C)OC(CO[C@]2(C(=O)OCc3ccccc3)C[C@H]3OC(C)(C)O[C@H]3C([C@H](C)CC)O2)[C@@H](OP2(=O)OCc3ccccc3CO2)[C@@H]1OC(=O)C[C@H](C)CC. The molecule has 5 aliphatic rings. The lowest BCUT2D eigenvalue weighted by atomic mass is 9.82. The molecule has 5 heterocycles. The predicted molar refractivity (Wildman–Crippen MR) is 329 cm³/mol. The van der Waals surface area contributed by atoms with Gasteiger partial charge in [0.2, 0.25) is 5.91 Å². The van der Waals surface area contributed by atoms with E-state index in [2.05, 4.69) is 56.1 Å². The Morgan fingerprint density at radius 1 is 0.820 bits per heavy atom. The van der Waals surface area contributed by atoms with Crippen LogP contribution in [0.15, 0.2) is 59.7 Å². The van der Waals surface area contributed by atoms with Gasteiger partial charge in [-0.1, -0.05) is 156 Å². The lowest BCUT2D eigenvalue weighted by Gasteiger charge is -2.50. The summed E-state index contributed by atoms with van der Waals surface area (Å²) in [6.45, 7) is 30.0. The van der Waals surface area contributed by atoms with Gasteiger partial charge in [0.1, 0.15) is 37.1 Å². The maximum atomic E-state index is 15.4. The van der Waals surface area contributed by atoms with Crippen molar-refractivity contribution in [1.82, 2.24) is 5.32 Å². The highest BCUT2D eigenvalue weighted by molar-refractivity contribution is 7.48. The third-order valence-electron chi connectivity index (χ3n) is 19.1. The largest absolute Gasteiger partial charge is 0.475 e. The molecule has 1 N–H and O–H groups in total. The minimum absolute atomic E-state index is 0.0663. The van der Waals surface area contributed by atoms with Crippen LogP contribution in [0.1, 0.15) is 159 Å². The van der Waals surface area contributed by atoms with Crippen LogP contribution in [0.3, 0.4) is 0 Å². The maximum Gasteiger partial charge on any atom is 0.475 e. The number of hydrogen-bond acceptors (Lipinski definition) is 20. The van der Waals surface area contributed by atoms with Gasteiger partial charge in [0.25, 0.3) is 5.79 Å². The summed E-state index contributed by atoms with van der Waals surface area (Å²) in [7, 11) is -7.42. The zero-order valence-corrected chi connectivity index (χ0v) is 56.9. The summed E-state index contributed by atoms with van der Waals surface area (Å²) in [5, 5.41) is 6.97. The zero-order valence-electron chi connectivity index (χ0n) is 55.0. The average Bonchev–Trinajstić information content (AvgIpc) is 1.75. The van der Waals surface area contributed by atoms with Crippen LogP contribution >= 0.6 is 7.82 Å². The fourth-order valence-electron chi connectivity index (χ4n) is 11.6. The molecule has 2 aromatic carbocycles. The molecule has 25 heteroatoms. The lowest BCUT2D eigenvalue weighted by molar-refractivity contribution is -0.330. The molecule has 1 amide bonds. The Bertz CT molecular complexity index is 2760. The summed E-state index contributed by atoms with van der Waals surface area (Å²) in [5.74, 6) is -6.92. The Morgan fingerprint density at radius 2 is 1.47 bits per heavy atom. The van der Waals surface area contributed by atoms with Crippen molar-refractivity contribution in [3.63, 3.8) is 0 Å². The van der Waals surface area contributed by atoms with E-state index in [0.29, 0.717) is 29.5 Å². The first-order chi connectivity index (χ1) is 42.0. The fourth-order valence-corrected chi connectivity index (χ4v) is 15.4. The number of amides is 1. The maximum absolute atomic E-state index is 15.4. The molecule has 0 bridgehead atoms. The monoisotopic (exact) mass is 1290 g/mol. The minimum Gasteiger partial charge on any atom is -0.462 e. The molecule has 89 heavy (non-hydrogen) atoms. The number of benzene rings is 2. The van der Waals surface area contributed by atoms with Gasteiger partial charge < -0.3 is 57.1 Å². The number of phosphoric acid groups is 1. The van der Waals surface area contributed by atoms with Crippen molar-refractivity contribution in [2.75, 3.05) is 13.2 Å². The molecule has 0 aromatic heterocycles. The van der Waals surface area contributed by atoms with Gasteiger partial charge in [0.15, 0.2) is 32.8 Å². The summed E-state index contributed by atoms with van der Waals surface area (Å²) in [4.78, 5) is 60.4. The van der Waals surface area contributed by atoms with Crippen molar-refractivity contribution in [2.45, 2.75) is 265 Å². The van der Waals surface area contributed by atoms with E-state index < -0.39 is 132 Å². The van der Waals surface area contributed by atoms with E-state index in [-0.39, 0.29) is 93.2 Å². The van der Waals surface area contributed by atoms with E-state index in [4.69, 9.17) is 65.4 Å². The van der Waals surface area contributed by atoms with Crippen LogP contribution in [-0.2, 0) is 109 Å². The molecule has 0 radical (unpaired) electrons. The first-order valence-corrected chi connectivity index (χ1v) is 36.2. The number of hydrogen-bond donors (Lipinski definition) is 1. The predicted octanol–water partition coefficient (Wildman–Crippen LogP) is 12.1. The molecular weight excluding hydrogens is 1190 g/mol. The van der Waals surface area contributed by atoms with E-state index >= 15 is 9.36 Å². The molecular formula is C64H99N4O19PSi. The number of nitrogens with zero attached hydrogens (tertiary/aromatic N) is 3. The standard InChI is InChI=1S/C64H99N4O19PSi/c1-17-39(7)30-52(71)82-58-54(66-50(69)31-46(19-3)79-51(70)20-4)59(74-36-48-41(9)42(10)53(67-68-65)60(80-48)87-89(15,16)62(11,12)38(5)6)81-49(57(58)86-88(73)77-34-44-28-24-25-29-45(44)35-78-88)37-76-64(61(72)75-33-43-26-22-21-23-27-43)32-47-56(84-63(13,14)83-47)55(85-64)40(8)18-2/h21-29,38-42,46-49,53-60H,17-20,30-37H2,1-16H3,(H,66,69)/t39-,40-,41+,42+,46-,47-,48?,49?,53?,54?,55?,56-,57-,58-,59-,60+,64-/m1/s1. The van der Waals surface area contributed by atoms with Gasteiger partial charge in [-0.15, -0.1) is 0 Å². The van der Waals surface area contributed by atoms with Crippen LogP contribution in [0.2, 0.25) is 18.1 Å². The Kier molecular flexibility index (Phi) is 25.1. The molecule has 0 spiro atoms. The number of fused-ring (bicyclic) bond motifs is 2. The van der Waals surface area contributed by atoms with Gasteiger partial charge >= 0.3 is 25.7 Å². The number of rotatable bonds is 28. The highest BCUT2D eigenvalue weighted by Crippen LogP contribution is 2.56. The van der Waals surface area contributed by atoms with Crippen molar-refractivity contribution in [3.8, 4) is 0 Å². The van der Waals surface area contributed by atoms with E-state index in [1.807, 2.05) is 84.0 Å². The van der Waals surface area contributed by atoms with E-state index in [1.165, 1.54) is 0 Å². The quantitative estimate of drug-likeness (QED) is 0.0158. The highest BCUT2D eigenvalue weighted by atomic mass is 31.2. The Balaban J connectivity index is 1.36. The number of nitrogens with one attached hydrogen (secondary N) is 1. The first kappa shape index (κ1) is 72.1. The topological polar surface area (TPSA) is 275 Å². The van der Waals surface area contributed by atoms with Crippen LogP contribution in [-0.4, -0.2) is 130 Å². The van der Waals surface area contributed by atoms with Crippen molar-refractivity contribution in [1.29, 1.82) is 0 Å². The molecule has 0 saturated carbocycles. The normalized spacial score (nSPS) is 31.1. The van der Waals surface area contributed by atoms with E-state index in [1.54, 1.807) is 39.8 Å². The van der Waals surface area contributed by atoms with Gasteiger partial charge in [-0.3, -0.25) is 28.0 Å². The molecule has 5 unspecified atom stereocenters. The van der Waals surface area contributed by atoms with Gasteiger partial charge in [0, 0.05) is 24.2 Å². The molecule has 498 valence electrons. The highest BCUT2D eigenvalue weighted by Gasteiger charge is 2.62. The fraction of sp³-hybridized carbons (Fsp3) is 0.750. The summed E-state index contributed by atoms with van der Waals surface area (Å²) in [5.41, 5.74) is 12.0. The van der Waals surface area contributed by atoms with Gasteiger partial charge in [0.05, 0.1) is 57.2 Å². The third-order valence-corrected chi connectivity index (χ3v) is 25.0. The van der Waals surface area contributed by atoms with E-state index in [9.17, 15) is 19.9 Å². The van der Waals surface area contributed by atoms with Gasteiger partial charge in [-0.25, -0.2) is 9.36 Å². The van der Waals surface area contributed by atoms with Crippen molar-refractivity contribution in [2.24, 2.45) is 34.7 Å². The summed E-state index contributed by atoms with van der Waals surface area (Å²) < 4.78 is 107. The zero-order chi connectivity index (χ0) is 65.2. The van der Waals surface area contributed by atoms with E-state index in [0.717, 1.165) is 0 Å². The van der Waals surface area contributed by atoms with Crippen LogP contribution in [0.5, 0.6) is 0 Å². The van der Waals surface area contributed by atoms with Crippen LogP contribution in [0, 0.1) is 29.6 Å². The van der Waals surface area contributed by atoms with Gasteiger partial charge in [-0.05, 0) is 90.2 Å². The second kappa shape index (κ2) is 31.0. The second-order valence-corrected chi connectivity index (χ2v) is 32.6. The molecule has 4 saturated heterocycles. The van der Waals surface area contributed by atoms with Crippen molar-refractivity contribution < 1.29 is 89.1 Å². The molecule has 7 rings (SSSR count). The molecule has 4 fully saturated rings. The lowest BCUT2D eigenvalue weighted by Crippen LogP contribution is -2.67. The minimum atomic E-state index is -4.75. The number of ether oxygens (including phenoxy) is 10. The Hall–Kier alpha value is -4.36. The molecule has 2 aromatic rings. The number of azide groups is 1. The smallest absolute Gasteiger partial charge is 0.462 e. The molecule has 17 atom stereocenters. The van der Waals surface area contributed by atoms with Crippen molar-refractivity contribution in [3.05, 3.63) is 81.7 Å². The number of carbonyl (C=O) groups is 4. The molecule has 0 aliphatic carbocycles. The first-order valence-electron chi connectivity index (χ1n) is 31.9. The average molecular weight is 1290 g/mol.